The van der Waals surface area contributed by atoms with Crippen molar-refractivity contribution in [2.45, 2.75) is 38.6 Å². The van der Waals surface area contributed by atoms with Gasteiger partial charge in [0.25, 0.3) is 0 Å². The highest BCUT2D eigenvalue weighted by Crippen LogP contribution is 2.25. The second kappa shape index (κ2) is 7.35. The molecule has 0 saturated heterocycles. The van der Waals surface area contributed by atoms with Crippen LogP contribution in [0.2, 0.25) is 0 Å². The Kier molecular flexibility index (Phi) is 6.04. The highest BCUT2D eigenvalue weighted by atomic mass is 19.4. The van der Waals surface area contributed by atoms with Crippen molar-refractivity contribution in [3.8, 4) is 5.75 Å². The van der Waals surface area contributed by atoms with Crippen LogP contribution in [-0.2, 0) is 0 Å². The van der Waals surface area contributed by atoms with Gasteiger partial charge in [-0.2, -0.15) is 0 Å². The first-order valence-corrected chi connectivity index (χ1v) is 6.73. The van der Waals surface area contributed by atoms with Gasteiger partial charge >= 0.3 is 12.4 Å². The molecule has 1 atom stereocenters. The number of urea groups is 1. The maximum Gasteiger partial charge on any atom is 0.573 e. The van der Waals surface area contributed by atoms with Crippen LogP contribution in [-0.4, -0.2) is 29.6 Å². The van der Waals surface area contributed by atoms with E-state index in [4.69, 9.17) is 5.11 Å². The first-order valence-electron chi connectivity index (χ1n) is 6.73. The minimum absolute atomic E-state index is 0.0838. The monoisotopic (exact) mass is 320 g/mol. The number of benzene rings is 1. The van der Waals surface area contributed by atoms with Crippen molar-refractivity contribution in [1.29, 1.82) is 0 Å². The molecule has 0 saturated carbocycles. The number of alkyl halides is 3. The molecule has 1 aromatic rings. The fourth-order valence-electron chi connectivity index (χ4n) is 1.78. The van der Waals surface area contributed by atoms with Crippen LogP contribution in [0.1, 0.15) is 26.7 Å². The molecular weight excluding hydrogens is 301 g/mol. The molecule has 124 valence electrons. The summed E-state index contributed by atoms with van der Waals surface area (Å²) in [6.45, 7) is 3.54. The van der Waals surface area contributed by atoms with Gasteiger partial charge in [0.15, 0.2) is 0 Å². The smallest absolute Gasteiger partial charge is 0.406 e. The number of hydrogen-bond acceptors (Lipinski definition) is 3. The lowest BCUT2D eigenvalue weighted by Crippen LogP contribution is -2.48. The standard InChI is InChI=1S/C14H19F3N2O3/c1-3-13(2,7-8-20)19-12(21)18-10-5-4-6-11(9-10)22-14(15,16)17/h4-6,9,20H,3,7-8H2,1-2H3,(H2,18,19,21). The summed E-state index contributed by atoms with van der Waals surface area (Å²) < 4.78 is 40.2. The summed E-state index contributed by atoms with van der Waals surface area (Å²) in [4.78, 5) is 11.9. The van der Waals surface area contributed by atoms with E-state index in [9.17, 15) is 18.0 Å². The molecule has 22 heavy (non-hydrogen) atoms. The number of ether oxygens (including phenoxy) is 1. The van der Waals surface area contributed by atoms with Gasteiger partial charge in [0.2, 0.25) is 0 Å². The average Bonchev–Trinajstić information content (AvgIpc) is 2.37. The topological polar surface area (TPSA) is 70.6 Å². The molecule has 1 aromatic carbocycles. The molecule has 2 amide bonds. The highest BCUT2D eigenvalue weighted by molar-refractivity contribution is 5.89. The van der Waals surface area contributed by atoms with Crippen LogP contribution in [0.25, 0.3) is 0 Å². The number of rotatable bonds is 6. The number of nitrogens with one attached hydrogen (secondary N) is 2. The highest BCUT2D eigenvalue weighted by Gasteiger charge is 2.31. The minimum Gasteiger partial charge on any atom is -0.406 e. The van der Waals surface area contributed by atoms with Gasteiger partial charge in [0.1, 0.15) is 5.75 Å². The molecule has 0 fully saturated rings. The summed E-state index contributed by atoms with van der Waals surface area (Å²) in [7, 11) is 0. The van der Waals surface area contributed by atoms with Gasteiger partial charge in [0, 0.05) is 23.9 Å². The van der Waals surface area contributed by atoms with Crippen LogP contribution in [0.15, 0.2) is 24.3 Å². The summed E-state index contributed by atoms with van der Waals surface area (Å²) >= 11 is 0. The van der Waals surface area contributed by atoms with Crippen LogP contribution in [0, 0.1) is 0 Å². The molecule has 0 aliphatic carbocycles. The van der Waals surface area contributed by atoms with Crippen molar-refractivity contribution < 1.29 is 27.8 Å². The number of halogens is 3. The van der Waals surface area contributed by atoms with E-state index in [2.05, 4.69) is 15.4 Å². The van der Waals surface area contributed by atoms with Gasteiger partial charge in [-0.15, -0.1) is 13.2 Å². The van der Waals surface area contributed by atoms with E-state index in [-0.39, 0.29) is 12.3 Å². The van der Waals surface area contributed by atoms with Crippen LogP contribution in [0.4, 0.5) is 23.7 Å². The zero-order valence-corrected chi connectivity index (χ0v) is 12.3. The van der Waals surface area contributed by atoms with Crippen LogP contribution >= 0.6 is 0 Å². The second-order valence-electron chi connectivity index (χ2n) is 5.04. The second-order valence-corrected chi connectivity index (χ2v) is 5.04. The lowest BCUT2D eigenvalue weighted by molar-refractivity contribution is -0.274. The molecule has 1 rings (SSSR count). The number of amides is 2. The van der Waals surface area contributed by atoms with E-state index >= 15 is 0 Å². The fraction of sp³-hybridized carbons (Fsp3) is 0.500. The Morgan fingerprint density at radius 3 is 2.59 bits per heavy atom. The molecule has 0 aliphatic rings. The molecule has 8 heteroatoms. The maximum atomic E-state index is 12.1. The number of hydrogen-bond donors (Lipinski definition) is 3. The SMILES string of the molecule is CCC(C)(CCO)NC(=O)Nc1cccc(OC(F)(F)F)c1. The summed E-state index contributed by atoms with van der Waals surface area (Å²) in [6, 6.07) is 4.42. The Morgan fingerprint density at radius 1 is 1.36 bits per heavy atom. The Bertz CT molecular complexity index is 508. The third-order valence-corrected chi connectivity index (χ3v) is 3.18. The number of carbonyl (C=O) groups is 1. The predicted molar refractivity (Wildman–Crippen MR) is 75.7 cm³/mol. The molecule has 0 heterocycles. The minimum atomic E-state index is -4.79. The Balaban J connectivity index is 2.70. The Hall–Kier alpha value is -1.96. The van der Waals surface area contributed by atoms with E-state index < -0.39 is 23.7 Å². The van der Waals surface area contributed by atoms with Crippen LogP contribution < -0.4 is 15.4 Å². The quantitative estimate of drug-likeness (QED) is 0.753. The summed E-state index contributed by atoms with van der Waals surface area (Å²) in [5.74, 6) is -0.418. The van der Waals surface area contributed by atoms with Crippen molar-refractivity contribution in [3.05, 3.63) is 24.3 Å². The van der Waals surface area contributed by atoms with Gasteiger partial charge in [-0.25, -0.2) is 4.79 Å². The summed E-state index contributed by atoms with van der Waals surface area (Å²) in [6.07, 6.45) is -3.82. The zero-order chi connectivity index (χ0) is 16.8. The largest absolute Gasteiger partial charge is 0.573 e. The van der Waals surface area contributed by atoms with Crippen LogP contribution in [0.3, 0.4) is 0 Å². The number of carbonyl (C=O) groups excluding carboxylic acids is 1. The van der Waals surface area contributed by atoms with E-state index in [1.807, 2.05) is 6.92 Å². The van der Waals surface area contributed by atoms with Crippen molar-refractivity contribution in [1.82, 2.24) is 5.32 Å². The molecule has 0 aliphatic heterocycles. The van der Waals surface area contributed by atoms with E-state index in [0.29, 0.717) is 12.8 Å². The third kappa shape index (κ3) is 6.21. The third-order valence-electron chi connectivity index (χ3n) is 3.18. The number of anilines is 1. The molecule has 5 nitrogen and oxygen atoms in total. The van der Waals surface area contributed by atoms with Gasteiger partial charge < -0.3 is 20.5 Å². The lowest BCUT2D eigenvalue weighted by atomic mass is 9.95. The zero-order valence-electron chi connectivity index (χ0n) is 12.3. The van der Waals surface area contributed by atoms with E-state index in [1.54, 1.807) is 6.92 Å². The maximum absolute atomic E-state index is 12.1. The molecule has 0 spiro atoms. The van der Waals surface area contributed by atoms with Crippen molar-refractivity contribution in [2.24, 2.45) is 0 Å². The molecule has 0 bridgehead atoms. The molecular formula is C14H19F3N2O3. The van der Waals surface area contributed by atoms with Gasteiger partial charge in [-0.3, -0.25) is 0 Å². The number of aliphatic hydroxyl groups is 1. The molecule has 0 aromatic heterocycles. The first kappa shape index (κ1) is 18.1. The average molecular weight is 320 g/mol. The van der Waals surface area contributed by atoms with Crippen molar-refractivity contribution in [2.75, 3.05) is 11.9 Å². The fourth-order valence-corrected chi connectivity index (χ4v) is 1.78. The van der Waals surface area contributed by atoms with Gasteiger partial charge in [0.05, 0.1) is 0 Å². The summed E-state index contributed by atoms with van der Waals surface area (Å²) in [5.41, 5.74) is -0.430. The normalized spacial score (nSPS) is 14.1. The Labute approximate surface area is 126 Å². The van der Waals surface area contributed by atoms with Crippen molar-refractivity contribution >= 4 is 11.7 Å². The van der Waals surface area contributed by atoms with Crippen molar-refractivity contribution in [3.63, 3.8) is 0 Å². The predicted octanol–water partition coefficient (Wildman–Crippen LogP) is 3.26. The van der Waals surface area contributed by atoms with E-state index in [1.165, 1.54) is 12.1 Å². The van der Waals surface area contributed by atoms with Crippen LogP contribution in [0.5, 0.6) is 5.75 Å². The van der Waals surface area contributed by atoms with E-state index in [0.717, 1.165) is 12.1 Å². The van der Waals surface area contributed by atoms with Gasteiger partial charge in [-0.05, 0) is 31.9 Å². The Morgan fingerprint density at radius 2 is 2.05 bits per heavy atom. The number of aliphatic hydroxyl groups excluding tert-OH is 1. The van der Waals surface area contributed by atoms with Gasteiger partial charge in [-0.1, -0.05) is 13.0 Å². The lowest BCUT2D eigenvalue weighted by Gasteiger charge is -2.29. The first-order chi connectivity index (χ1) is 10.2. The molecule has 0 radical (unpaired) electrons. The molecule has 3 N–H and O–H groups in total. The summed E-state index contributed by atoms with van der Waals surface area (Å²) in [5, 5.41) is 14.1. The molecule has 1 unspecified atom stereocenters.